The molecule has 0 radical (unpaired) electrons. The fraction of sp³-hybridized carbons (Fsp3) is 0.267. The monoisotopic (exact) mass is 289 g/mol. The largest absolute Gasteiger partial charge is 0.326 e. The van der Waals surface area contributed by atoms with Crippen LogP contribution in [0.25, 0.3) is 0 Å². The molecule has 0 aliphatic heterocycles. The molecule has 2 N–H and O–H groups in total. The molecule has 6 heteroatoms. The second kappa shape index (κ2) is 5.87. The third kappa shape index (κ3) is 3.53. The van der Waals surface area contributed by atoms with Gasteiger partial charge >= 0.3 is 0 Å². The van der Waals surface area contributed by atoms with Gasteiger partial charge in [-0.05, 0) is 44.5 Å². The zero-order valence-electron chi connectivity index (χ0n) is 12.1. The molecule has 0 atom stereocenters. The van der Waals surface area contributed by atoms with Gasteiger partial charge in [0.05, 0.1) is 6.42 Å². The number of nitrogens with one attached hydrogen (secondary N) is 2. The molecule has 0 aliphatic rings. The van der Waals surface area contributed by atoms with Crippen LogP contribution in [0.2, 0.25) is 0 Å². The normalized spacial score (nSPS) is 10.5. The Labute approximate surface area is 121 Å². The van der Waals surface area contributed by atoms with Gasteiger partial charge in [0.2, 0.25) is 5.91 Å². The van der Waals surface area contributed by atoms with Crippen molar-refractivity contribution in [2.45, 2.75) is 27.2 Å². The molecular formula is C15H16FN3O2. The highest BCUT2D eigenvalue weighted by molar-refractivity contribution is 5.93. The van der Waals surface area contributed by atoms with Crippen LogP contribution in [0.4, 0.5) is 10.1 Å². The van der Waals surface area contributed by atoms with E-state index in [1.54, 1.807) is 20.8 Å². The maximum Gasteiger partial charge on any atom is 0.254 e. The van der Waals surface area contributed by atoms with Crippen molar-refractivity contribution >= 4 is 11.6 Å². The van der Waals surface area contributed by atoms with Gasteiger partial charge in [-0.2, -0.15) is 0 Å². The Bertz CT molecular complexity index is 753. The summed E-state index contributed by atoms with van der Waals surface area (Å²) in [5, 5.41) is 2.67. The minimum atomic E-state index is -0.361. The third-order valence-electron chi connectivity index (χ3n) is 3.14. The lowest BCUT2D eigenvalue weighted by Crippen LogP contribution is -2.24. The molecular weight excluding hydrogens is 273 g/mol. The summed E-state index contributed by atoms with van der Waals surface area (Å²) in [7, 11) is 0. The Morgan fingerprint density at radius 1 is 1.33 bits per heavy atom. The summed E-state index contributed by atoms with van der Waals surface area (Å²) in [6.07, 6.45) is -0.0781. The van der Waals surface area contributed by atoms with Gasteiger partial charge in [0.25, 0.3) is 5.56 Å². The van der Waals surface area contributed by atoms with Crippen molar-refractivity contribution in [2.75, 3.05) is 5.32 Å². The minimum absolute atomic E-state index is 0.0781. The van der Waals surface area contributed by atoms with Gasteiger partial charge in [0.1, 0.15) is 11.6 Å². The van der Waals surface area contributed by atoms with E-state index in [0.29, 0.717) is 28.3 Å². The van der Waals surface area contributed by atoms with Gasteiger partial charge in [0.15, 0.2) is 0 Å². The average Bonchev–Trinajstić information content (AvgIpc) is 2.37. The Morgan fingerprint density at radius 2 is 2.05 bits per heavy atom. The summed E-state index contributed by atoms with van der Waals surface area (Å²) in [6, 6.07) is 4.10. The number of carbonyl (C=O) groups is 1. The van der Waals surface area contributed by atoms with E-state index in [-0.39, 0.29) is 23.7 Å². The van der Waals surface area contributed by atoms with Gasteiger partial charge in [-0.3, -0.25) is 9.59 Å². The van der Waals surface area contributed by atoms with Gasteiger partial charge in [-0.1, -0.05) is 0 Å². The molecule has 0 bridgehead atoms. The summed E-state index contributed by atoms with van der Waals surface area (Å²) < 4.78 is 13.0. The van der Waals surface area contributed by atoms with Crippen molar-refractivity contribution in [3.8, 4) is 0 Å². The number of hydrogen-bond donors (Lipinski definition) is 2. The van der Waals surface area contributed by atoms with E-state index in [4.69, 9.17) is 0 Å². The van der Waals surface area contributed by atoms with Gasteiger partial charge in [-0.25, -0.2) is 9.37 Å². The Hall–Kier alpha value is -2.50. The first kappa shape index (κ1) is 14.9. The molecule has 0 saturated carbocycles. The van der Waals surface area contributed by atoms with Crippen molar-refractivity contribution in [1.29, 1.82) is 0 Å². The number of halogens is 1. The highest BCUT2D eigenvalue weighted by Gasteiger charge is 2.12. The molecule has 2 aromatic rings. The van der Waals surface area contributed by atoms with E-state index >= 15 is 0 Å². The van der Waals surface area contributed by atoms with Crippen LogP contribution >= 0.6 is 0 Å². The third-order valence-corrected chi connectivity index (χ3v) is 3.14. The van der Waals surface area contributed by atoms with Crippen LogP contribution in [0.3, 0.4) is 0 Å². The number of H-pyrrole nitrogens is 1. The Balaban J connectivity index is 2.18. The van der Waals surface area contributed by atoms with Crippen LogP contribution in [-0.2, 0) is 11.2 Å². The molecule has 0 saturated heterocycles. The molecule has 21 heavy (non-hydrogen) atoms. The summed E-state index contributed by atoms with van der Waals surface area (Å²) >= 11 is 0. The molecule has 1 aromatic heterocycles. The minimum Gasteiger partial charge on any atom is -0.326 e. The van der Waals surface area contributed by atoms with Crippen molar-refractivity contribution in [3.05, 3.63) is 57.0 Å². The number of aryl methyl sites for hydroxylation is 3. The van der Waals surface area contributed by atoms with E-state index in [1.807, 2.05) is 0 Å². The SMILES string of the molecule is Cc1nc(C)c(CC(=O)Nc2ccc(F)cc2C)c(=O)[nH]1. The summed E-state index contributed by atoms with van der Waals surface area (Å²) in [6.45, 7) is 5.07. The zero-order chi connectivity index (χ0) is 15.6. The molecule has 1 heterocycles. The van der Waals surface area contributed by atoms with Gasteiger partial charge < -0.3 is 10.3 Å². The van der Waals surface area contributed by atoms with Crippen LogP contribution in [0, 0.1) is 26.6 Å². The smallest absolute Gasteiger partial charge is 0.254 e. The number of carbonyl (C=O) groups excluding carboxylic acids is 1. The standard InChI is InChI=1S/C15H16FN3O2/c1-8-6-11(16)4-5-13(8)19-14(20)7-12-9(2)17-10(3)18-15(12)21/h4-6H,7H2,1-3H3,(H,19,20)(H,17,18,21). The molecule has 110 valence electrons. The number of aromatic nitrogens is 2. The predicted molar refractivity (Wildman–Crippen MR) is 77.8 cm³/mol. The molecule has 0 fully saturated rings. The highest BCUT2D eigenvalue weighted by atomic mass is 19.1. The molecule has 1 aromatic carbocycles. The van der Waals surface area contributed by atoms with Crippen molar-refractivity contribution in [1.82, 2.24) is 9.97 Å². The molecule has 0 unspecified atom stereocenters. The number of anilines is 1. The quantitative estimate of drug-likeness (QED) is 0.907. The fourth-order valence-electron chi connectivity index (χ4n) is 2.08. The first-order chi connectivity index (χ1) is 9.86. The van der Waals surface area contributed by atoms with Crippen LogP contribution in [0.5, 0.6) is 0 Å². The lowest BCUT2D eigenvalue weighted by atomic mass is 10.1. The summed E-state index contributed by atoms with van der Waals surface area (Å²) in [5.74, 6) is -0.194. The lowest BCUT2D eigenvalue weighted by Gasteiger charge is -2.09. The van der Waals surface area contributed by atoms with Crippen molar-refractivity contribution in [2.24, 2.45) is 0 Å². The van der Waals surface area contributed by atoms with Crippen LogP contribution in [0.1, 0.15) is 22.6 Å². The number of nitrogens with zero attached hydrogens (tertiary/aromatic N) is 1. The highest BCUT2D eigenvalue weighted by Crippen LogP contribution is 2.16. The van der Waals surface area contributed by atoms with Crippen LogP contribution in [-0.4, -0.2) is 15.9 Å². The average molecular weight is 289 g/mol. The molecule has 0 spiro atoms. The lowest BCUT2D eigenvalue weighted by molar-refractivity contribution is -0.115. The number of benzene rings is 1. The number of aromatic amines is 1. The maximum absolute atomic E-state index is 13.0. The van der Waals surface area contributed by atoms with E-state index in [2.05, 4.69) is 15.3 Å². The first-order valence-corrected chi connectivity index (χ1v) is 6.49. The predicted octanol–water partition coefficient (Wildman–Crippen LogP) is 2.02. The van der Waals surface area contributed by atoms with Gasteiger partial charge in [0, 0.05) is 16.9 Å². The van der Waals surface area contributed by atoms with E-state index in [1.165, 1.54) is 18.2 Å². The van der Waals surface area contributed by atoms with E-state index < -0.39 is 0 Å². The van der Waals surface area contributed by atoms with Crippen LogP contribution in [0.15, 0.2) is 23.0 Å². The molecule has 0 aliphatic carbocycles. The topological polar surface area (TPSA) is 74.8 Å². The summed E-state index contributed by atoms with van der Waals surface area (Å²) in [4.78, 5) is 30.6. The number of rotatable bonds is 3. The first-order valence-electron chi connectivity index (χ1n) is 6.49. The fourth-order valence-corrected chi connectivity index (χ4v) is 2.08. The Morgan fingerprint density at radius 3 is 2.67 bits per heavy atom. The van der Waals surface area contributed by atoms with Gasteiger partial charge in [-0.15, -0.1) is 0 Å². The van der Waals surface area contributed by atoms with Crippen molar-refractivity contribution < 1.29 is 9.18 Å². The van der Waals surface area contributed by atoms with E-state index in [9.17, 15) is 14.0 Å². The molecule has 2 rings (SSSR count). The Kier molecular flexibility index (Phi) is 4.16. The zero-order valence-corrected chi connectivity index (χ0v) is 12.1. The van der Waals surface area contributed by atoms with E-state index in [0.717, 1.165) is 0 Å². The molecule has 1 amide bonds. The number of amides is 1. The molecule has 5 nitrogen and oxygen atoms in total. The maximum atomic E-state index is 13.0. The van der Waals surface area contributed by atoms with Crippen molar-refractivity contribution in [3.63, 3.8) is 0 Å². The summed E-state index contributed by atoms with van der Waals surface area (Å²) in [5.41, 5.74) is 1.69. The number of hydrogen-bond acceptors (Lipinski definition) is 3. The van der Waals surface area contributed by atoms with Crippen LogP contribution < -0.4 is 10.9 Å². The second-order valence-corrected chi connectivity index (χ2v) is 4.90. The second-order valence-electron chi connectivity index (χ2n) is 4.90.